The Bertz CT molecular complexity index is 311. The fraction of sp³-hybridized carbons (Fsp3) is 0.833. The van der Waals surface area contributed by atoms with Crippen molar-refractivity contribution >= 4 is 12.2 Å². The molecule has 2 aliphatic carbocycles. The smallest absolute Gasteiger partial charge is 0.332 e. The summed E-state index contributed by atoms with van der Waals surface area (Å²) in [6.45, 7) is 4.74. The lowest BCUT2D eigenvalue weighted by Crippen LogP contribution is -2.31. The summed E-state index contributed by atoms with van der Waals surface area (Å²) in [5, 5.41) is 3.83. The lowest BCUT2D eigenvalue weighted by molar-refractivity contribution is 0.129. The maximum atomic E-state index is 10.4. The van der Waals surface area contributed by atoms with E-state index in [0.29, 0.717) is 11.3 Å². The first-order valence-electron chi connectivity index (χ1n) is 6.08. The van der Waals surface area contributed by atoms with Gasteiger partial charge in [-0.25, -0.2) is 10.2 Å². The summed E-state index contributed by atoms with van der Waals surface area (Å²) in [5.41, 5.74) is 7.62. The van der Waals surface area contributed by atoms with Crippen molar-refractivity contribution in [1.82, 2.24) is 5.43 Å². The van der Waals surface area contributed by atoms with Gasteiger partial charge < -0.3 is 5.73 Å². The zero-order valence-corrected chi connectivity index (χ0v) is 10.1. The highest BCUT2D eigenvalue weighted by Gasteiger charge is 2.51. The third-order valence-electron chi connectivity index (χ3n) is 4.68. The molecule has 4 nitrogen and oxygen atoms in total. The molecule has 90 valence electrons. The molecule has 0 radical (unpaired) electrons. The first-order valence-corrected chi connectivity index (χ1v) is 6.08. The molecule has 0 aromatic rings. The van der Waals surface area contributed by atoms with Gasteiger partial charge in [0.2, 0.25) is 0 Å². The number of carbonyl (C=O) groups is 1. The van der Waals surface area contributed by atoms with Crippen LogP contribution < -0.4 is 11.2 Å². The predicted octanol–water partition coefficient (Wildman–Crippen LogP) is 2.10. The Hall–Kier alpha value is -1.06. The van der Waals surface area contributed by atoms with Crippen LogP contribution in [0.2, 0.25) is 0 Å². The third kappa shape index (κ3) is 1.93. The van der Waals surface area contributed by atoms with E-state index in [0.717, 1.165) is 18.3 Å². The molecule has 0 spiro atoms. The minimum atomic E-state index is -0.594. The molecule has 3 atom stereocenters. The van der Waals surface area contributed by atoms with Crippen LogP contribution in [0.4, 0.5) is 4.79 Å². The van der Waals surface area contributed by atoms with Crippen LogP contribution in [0.15, 0.2) is 5.10 Å². The molecule has 2 rings (SSSR count). The van der Waals surface area contributed by atoms with E-state index in [4.69, 9.17) is 5.73 Å². The Morgan fingerprint density at radius 1 is 1.56 bits per heavy atom. The molecule has 2 aliphatic rings. The van der Waals surface area contributed by atoms with Gasteiger partial charge in [0.25, 0.3) is 0 Å². The zero-order chi connectivity index (χ0) is 11.8. The average Bonchev–Trinajstić information content (AvgIpc) is 2.72. The van der Waals surface area contributed by atoms with E-state index in [1.54, 1.807) is 6.21 Å². The van der Waals surface area contributed by atoms with E-state index in [1.165, 1.54) is 19.3 Å². The predicted molar refractivity (Wildman–Crippen MR) is 63.9 cm³/mol. The van der Waals surface area contributed by atoms with Crippen LogP contribution in [0.3, 0.4) is 0 Å². The summed E-state index contributed by atoms with van der Waals surface area (Å²) in [4.78, 5) is 10.4. The van der Waals surface area contributed by atoms with Crippen molar-refractivity contribution < 1.29 is 4.79 Å². The largest absolute Gasteiger partial charge is 0.350 e. The van der Waals surface area contributed by atoms with Crippen molar-refractivity contribution in [2.24, 2.45) is 34.0 Å². The monoisotopic (exact) mass is 223 g/mol. The normalized spacial score (nSPS) is 35.8. The van der Waals surface area contributed by atoms with Crippen LogP contribution in [0.25, 0.3) is 0 Å². The number of hydrogen-bond donors (Lipinski definition) is 2. The highest BCUT2D eigenvalue weighted by atomic mass is 16.2. The van der Waals surface area contributed by atoms with Crippen molar-refractivity contribution in [2.45, 2.75) is 39.5 Å². The molecule has 0 aromatic heterocycles. The summed E-state index contributed by atoms with van der Waals surface area (Å²) in [6, 6.07) is -0.594. The van der Waals surface area contributed by atoms with Gasteiger partial charge >= 0.3 is 6.03 Å². The summed E-state index contributed by atoms with van der Waals surface area (Å²) < 4.78 is 0. The number of rotatable bonds is 3. The van der Waals surface area contributed by atoms with Gasteiger partial charge in [0.05, 0.1) is 0 Å². The Morgan fingerprint density at radius 2 is 2.31 bits per heavy atom. The summed E-state index contributed by atoms with van der Waals surface area (Å²) in [6.07, 6.45) is 6.90. The summed E-state index contributed by atoms with van der Waals surface area (Å²) in [7, 11) is 0. The number of urea groups is 1. The first kappa shape index (κ1) is 11.4. The second-order valence-electron chi connectivity index (χ2n) is 5.72. The Morgan fingerprint density at radius 3 is 2.88 bits per heavy atom. The number of carbonyl (C=O) groups excluding carboxylic acids is 1. The molecule has 2 bridgehead atoms. The van der Waals surface area contributed by atoms with Crippen LogP contribution in [0, 0.1) is 23.2 Å². The SMILES string of the molecule is CC1(C)[C@@H]2CC[C@H](C2)[C@@H]1C/C=N\NC(N)=O. The van der Waals surface area contributed by atoms with E-state index >= 15 is 0 Å². The lowest BCUT2D eigenvalue weighted by atomic mass is 9.68. The molecule has 4 heteroatoms. The summed E-state index contributed by atoms with van der Waals surface area (Å²) in [5.74, 6) is 2.46. The van der Waals surface area contributed by atoms with Gasteiger partial charge in [-0.15, -0.1) is 0 Å². The molecule has 2 saturated carbocycles. The van der Waals surface area contributed by atoms with Gasteiger partial charge in [-0.1, -0.05) is 13.8 Å². The van der Waals surface area contributed by atoms with Crippen LogP contribution in [0.5, 0.6) is 0 Å². The van der Waals surface area contributed by atoms with Crippen LogP contribution >= 0.6 is 0 Å². The number of nitrogens with two attached hydrogens (primary N) is 1. The molecule has 0 aliphatic heterocycles. The quantitative estimate of drug-likeness (QED) is 0.558. The third-order valence-corrected chi connectivity index (χ3v) is 4.68. The Balaban J connectivity index is 1.90. The number of hydrogen-bond acceptors (Lipinski definition) is 2. The van der Waals surface area contributed by atoms with Gasteiger partial charge in [0.15, 0.2) is 0 Å². The molecule has 2 amide bonds. The lowest BCUT2D eigenvalue weighted by Gasteiger charge is -2.37. The summed E-state index contributed by atoms with van der Waals surface area (Å²) >= 11 is 0. The minimum Gasteiger partial charge on any atom is -0.350 e. The van der Waals surface area contributed by atoms with Crippen molar-refractivity contribution in [3.63, 3.8) is 0 Å². The van der Waals surface area contributed by atoms with Crippen molar-refractivity contribution in [1.29, 1.82) is 0 Å². The van der Waals surface area contributed by atoms with E-state index in [-0.39, 0.29) is 0 Å². The molecule has 16 heavy (non-hydrogen) atoms. The second kappa shape index (κ2) is 4.07. The van der Waals surface area contributed by atoms with E-state index in [2.05, 4.69) is 24.4 Å². The zero-order valence-electron chi connectivity index (χ0n) is 10.1. The highest BCUT2D eigenvalue weighted by molar-refractivity contribution is 5.72. The molecule has 0 aromatic carbocycles. The number of amides is 2. The van der Waals surface area contributed by atoms with Crippen LogP contribution in [-0.4, -0.2) is 12.2 Å². The fourth-order valence-corrected chi connectivity index (χ4v) is 3.74. The number of nitrogens with one attached hydrogen (secondary N) is 1. The van der Waals surface area contributed by atoms with Crippen LogP contribution in [-0.2, 0) is 0 Å². The molecule has 0 unspecified atom stereocenters. The number of nitrogens with zero attached hydrogens (tertiary/aromatic N) is 1. The fourth-order valence-electron chi connectivity index (χ4n) is 3.74. The van der Waals surface area contributed by atoms with Gasteiger partial charge in [0.1, 0.15) is 0 Å². The maximum absolute atomic E-state index is 10.4. The highest BCUT2D eigenvalue weighted by Crippen LogP contribution is 2.60. The van der Waals surface area contributed by atoms with E-state index in [1.807, 2.05) is 0 Å². The Labute approximate surface area is 96.7 Å². The molecular formula is C12H21N3O. The number of hydrazone groups is 1. The van der Waals surface area contributed by atoms with E-state index in [9.17, 15) is 4.79 Å². The first-order chi connectivity index (χ1) is 7.51. The minimum absolute atomic E-state index is 0.432. The average molecular weight is 223 g/mol. The molecule has 0 heterocycles. The molecule has 0 saturated heterocycles. The molecule has 2 fully saturated rings. The molecular weight excluding hydrogens is 202 g/mol. The van der Waals surface area contributed by atoms with Gasteiger partial charge in [-0.05, 0) is 48.9 Å². The topological polar surface area (TPSA) is 67.5 Å². The Kier molecular flexibility index (Phi) is 2.91. The van der Waals surface area contributed by atoms with Gasteiger partial charge in [0, 0.05) is 6.21 Å². The maximum Gasteiger partial charge on any atom is 0.332 e. The van der Waals surface area contributed by atoms with Crippen molar-refractivity contribution in [2.75, 3.05) is 0 Å². The number of primary amides is 1. The molecule has 3 N–H and O–H groups in total. The second-order valence-corrected chi connectivity index (χ2v) is 5.72. The standard InChI is InChI=1S/C12H21N3O/c1-12(2)9-4-3-8(7-9)10(12)5-6-14-15-11(13)16/h6,8-10H,3-5,7H2,1-2H3,(H3,13,15,16)/b14-6-/t8-,9-,10+/m1/s1. The van der Waals surface area contributed by atoms with Gasteiger partial charge in [-0.2, -0.15) is 5.10 Å². The van der Waals surface area contributed by atoms with Crippen molar-refractivity contribution in [3.05, 3.63) is 0 Å². The van der Waals surface area contributed by atoms with Gasteiger partial charge in [-0.3, -0.25) is 0 Å². The van der Waals surface area contributed by atoms with Crippen molar-refractivity contribution in [3.8, 4) is 0 Å². The van der Waals surface area contributed by atoms with Crippen LogP contribution in [0.1, 0.15) is 39.5 Å². The van der Waals surface area contributed by atoms with E-state index < -0.39 is 6.03 Å². The number of fused-ring (bicyclic) bond motifs is 2.